The average molecular weight is 694 g/mol. The summed E-state index contributed by atoms with van der Waals surface area (Å²) in [5, 5.41) is 0. The van der Waals surface area contributed by atoms with E-state index in [1.165, 1.54) is 0 Å². The molecule has 0 aromatic heterocycles. The van der Waals surface area contributed by atoms with Crippen LogP contribution in [0, 0.1) is 0 Å². The molecule has 6 rings (SSSR count). The van der Waals surface area contributed by atoms with Gasteiger partial charge in [-0.3, -0.25) is 0 Å². The van der Waals surface area contributed by atoms with Gasteiger partial charge in [-0.05, 0) is 0 Å². The standard InChI is InChI=1S/C33H21F6.2ClH.Zr/c1-19-25-12-7-8-14-27(25)31(29(19)20-9-3-2-4-10-20)30-26-13-6-5-11-21(26)17-28(30)22-15-23(32(34,35)36)18-24(16-22)33(37,38)39;;;/h2-18,31H,1H3;2*1H;/q;;;+2/p-2. The predicted octanol–water partition coefficient (Wildman–Crippen LogP) is 3.97. The van der Waals surface area contributed by atoms with Gasteiger partial charge in [0.1, 0.15) is 0 Å². The van der Waals surface area contributed by atoms with E-state index in [1.807, 2.05) is 85.8 Å². The molecule has 0 saturated carbocycles. The molecule has 0 radical (unpaired) electrons. The minimum Gasteiger partial charge on any atom is -1.00 e. The maximum Gasteiger partial charge on any atom is -1.00 e. The molecule has 2 aliphatic carbocycles. The van der Waals surface area contributed by atoms with Crippen LogP contribution in [0.1, 0.15) is 61.0 Å². The van der Waals surface area contributed by atoms with Crippen molar-refractivity contribution in [3.63, 3.8) is 0 Å². The number of benzene rings is 4. The fraction of sp³-hybridized carbons (Fsp3) is 0.152. The van der Waals surface area contributed by atoms with Gasteiger partial charge in [-0.15, -0.1) is 0 Å². The molecular weight excluding hydrogens is 672 g/mol. The second kappa shape index (κ2) is 11.8. The van der Waals surface area contributed by atoms with Gasteiger partial charge in [0, 0.05) is 0 Å². The first-order valence-corrected chi connectivity index (χ1v) is 14.1. The van der Waals surface area contributed by atoms with E-state index in [1.54, 1.807) is 0 Å². The molecule has 0 nitrogen and oxygen atoms in total. The summed E-state index contributed by atoms with van der Waals surface area (Å²) in [4.78, 5) is 0. The first-order valence-electron chi connectivity index (χ1n) is 12.7. The van der Waals surface area contributed by atoms with Gasteiger partial charge >= 0.3 is 244 Å². The molecule has 0 spiro atoms. The summed E-state index contributed by atoms with van der Waals surface area (Å²) in [6.07, 6.45) is -9.85. The van der Waals surface area contributed by atoms with Gasteiger partial charge in [0.2, 0.25) is 0 Å². The zero-order chi connectivity index (χ0) is 28.4. The van der Waals surface area contributed by atoms with Crippen LogP contribution in [0.4, 0.5) is 26.3 Å². The average Bonchev–Trinajstić information content (AvgIpc) is 3.38. The predicted molar refractivity (Wildman–Crippen MR) is 141 cm³/mol. The normalized spacial score (nSPS) is 17.9. The summed E-state index contributed by atoms with van der Waals surface area (Å²) >= 11 is 0.983. The van der Waals surface area contributed by atoms with Crippen molar-refractivity contribution < 1.29 is 75.9 Å². The Hall–Kier alpha value is -2.60. The van der Waals surface area contributed by atoms with Gasteiger partial charge in [-0.1, -0.05) is 0 Å². The zero-order valence-corrected chi connectivity index (χ0v) is 25.9. The van der Waals surface area contributed by atoms with Crippen LogP contribution in [-0.4, -0.2) is 0 Å². The maximum atomic E-state index is 13.9. The Morgan fingerprint density at radius 2 is 1.05 bits per heavy atom. The fourth-order valence-electron chi connectivity index (χ4n) is 6.10. The van der Waals surface area contributed by atoms with Crippen molar-refractivity contribution in [3.8, 4) is 0 Å². The SMILES string of the molecule is CC1=C(c2ccccc2)C(C2=C(c3cc(C(F)(F)F)cc(C(F)(F)F)c3)[CH]([Zr+2])c3ccccc32)c2ccccc21.[Cl-].[Cl-]. The number of allylic oxidation sites excluding steroid dienone is 4. The molecule has 9 heteroatoms. The third kappa shape index (κ3) is 5.45. The molecule has 0 bridgehead atoms. The molecule has 42 heavy (non-hydrogen) atoms. The molecule has 4 aromatic carbocycles. The molecule has 2 unspecified atom stereocenters. The molecule has 213 valence electrons. The van der Waals surface area contributed by atoms with Gasteiger partial charge in [0.05, 0.1) is 0 Å². The van der Waals surface area contributed by atoms with Crippen LogP contribution in [0.3, 0.4) is 0 Å². The third-order valence-corrected chi connectivity index (χ3v) is 9.26. The molecule has 0 fully saturated rings. The van der Waals surface area contributed by atoms with Gasteiger partial charge < -0.3 is 24.8 Å². The molecule has 0 N–H and O–H groups in total. The van der Waals surface area contributed by atoms with E-state index in [9.17, 15) is 26.3 Å². The molecule has 2 atom stereocenters. The van der Waals surface area contributed by atoms with Gasteiger partial charge in [0.15, 0.2) is 0 Å². The number of hydrogen-bond acceptors (Lipinski definition) is 0. The molecule has 4 aromatic rings. The van der Waals surface area contributed by atoms with Crippen molar-refractivity contribution in [2.24, 2.45) is 0 Å². The van der Waals surface area contributed by atoms with E-state index in [-0.39, 0.29) is 46.0 Å². The Balaban J connectivity index is 0.00000202. The van der Waals surface area contributed by atoms with Gasteiger partial charge in [0.25, 0.3) is 0 Å². The first-order chi connectivity index (χ1) is 19.0. The number of halogens is 8. The molecule has 0 heterocycles. The Labute approximate surface area is 267 Å². The summed E-state index contributed by atoms with van der Waals surface area (Å²) in [7, 11) is 0. The Morgan fingerprint density at radius 3 is 1.62 bits per heavy atom. The topological polar surface area (TPSA) is 0 Å². The van der Waals surface area contributed by atoms with Crippen molar-refractivity contribution in [1.29, 1.82) is 0 Å². The zero-order valence-electron chi connectivity index (χ0n) is 21.9. The molecule has 0 aliphatic heterocycles. The second-order valence-corrected chi connectivity index (χ2v) is 11.5. The molecule has 0 saturated heterocycles. The smallest absolute Gasteiger partial charge is 1.00 e. The summed E-state index contributed by atoms with van der Waals surface area (Å²) in [6.45, 7) is 2.03. The summed E-state index contributed by atoms with van der Waals surface area (Å²) in [5.74, 6) is -0.357. The van der Waals surface area contributed by atoms with E-state index in [2.05, 4.69) is 0 Å². The summed E-state index contributed by atoms with van der Waals surface area (Å²) < 4.78 is 83.2. The van der Waals surface area contributed by atoms with E-state index < -0.39 is 23.5 Å². The van der Waals surface area contributed by atoms with Crippen LogP contribution >= 0.6 is 0 Å². The number of hydrogen-bond donors (Lipinski definition) is 0. The Kier molecular flexibility index (Phi) is 9.10. The summed E-state index contributed by atoms with van der Waals surface area (Å²) in [5.41, 5.74) is 5.50. The monoisotopic (exact) mass is 691 g/mol. The van der Waals surface area contributed by atoms with Crippen molar-refractivity contribution in [2.75, 3.05) is 0 Å². The maximum absolute atomic E-state index is 13.9. The first kappa shape index (κ1) is 32.3. The number of fused-ring (bicyclic) bond motifs is 2. The van der Waals surface area contributed by atoms with Crippen LogP contribution in [0.15, 0.2) is 97.1 Å². The van der Waals surface area contributed by atoms with E-state index >= 15 is 0 Å². The Bertz CT molecular complexity index is 1670. The largest absolute Gasteiger partial charge is 1.00 e. The minimum atomic E-state index is -4.93. The van der Waals surface area contributed by atoms with E-state index in [0.29, 0.717) is 5.57 Å². The third-order valence-electron chi connectivity index (χ3n) is 7.78. The quantitative estimate of drug-likeness (QED) is 0.285. The van der Waals surface area contributed by atoms with Gasteiger partial charge in [-0.25, -0.2) is 0 Å². The van der Waals surface area contributed by atoms with E-state index in [0.717, 1.165) is 81.4 Å². The van der Waals surface area contributed by atoms with Crippen LogP contribution in [0.25, 0.3) is 22.3 Å². The van der Waals surface area contributed by atoms with E-state index in [4.69, 9.17) is 0 Å². The number of alkyl halides is 6. The van der Waals surface area contributed by atoms with Crippen LogP contribution in [0.5, 0.6) is 0 Å². The second-order valence-electron chi connectivity index (χ2n) is 10.1. The fourth-order valence-corrected chi connectivity index (χ4v) is 7.51. The van der Waals surface area contributed by atoms with Gasteiger partial charge in [-0.2, -0.15) is 0 Å². The van der Waals surface area contributed by atoms with Crippen molar-refractivity contribution in [2.45, 2.75) is 28.8 Å². The Morgan fingerprint density at radius 1 is 0.548 bits per heavy atom. The van der Waals surface area contributed by atoms with Crippen LogP contribution in [-0.2, 0) is 37.1 Å². The molecule has 0 amide bonds. The number of rotatable bonds is 3. The van der Waals surface area contributed by atoms with Crippen LogP contribution < -0.4 is 24.8 Å². The molecule has 2 aliphatic rings. The van der Waals surface area contributed by atoms with Crippen LogP contribution in [0.2, 0.25) is 0 Å². The van der Waals surface area contributed by atoms with Crippen molar-refractivity contribution >= 4 is 22.3 Å². The molecular formula is C33H21Cl2F6Zr. The van der Waals surface area contributed by atoms with Crippen molar-refractivity contribution in [3.05, 3.63) is 142 Å². The minimum absolute atomic E-state index is 0. The summed E-state index contributed by atoms with van der Waals surface area (Å²) in [6, 6.07) is 27.3. The van der Waals surface area contributed by atoms with Crippen molar-refractivity contribution in [1.82, 2.24) is 0 Å².